The smallest absolute Gasteiger partial charge is 0.121 e. The van der Waals surface area contributed by atoms with Gasteiger partial charge in [-0.3, -0.25) is 0 Å². The van der Waals surface area contributed by atoms with Crippen molar-refractivity contribution in [2.75, 3.05) is 7.05 Å². The van der Waals surface area contributed by atoms with Crippen LogP contribution in [0.5, 0.6) is 0 Å². The maximum Gasteiger partial charge on any atom is 0.121 e. The van der Waals surface area contributed by atoms with E-state index in [4.69, 9.17) is 0 Å². The Bertz CT molecular complexity index is 813. The quantitative estimate of drug-likeness (QED) is 0.684. The maximum absolute atomic E-state index is 10.8. The summed E-state index contributed by atoms with van der Waals surface area (Å²) in [5, 5.41) is 12.2. The molecule has 3 aromatic carbocycles. The molecule has 1 N–H and O–H groups in total. The lowest BCUT2D eigenvalue weighted by atomic mass is 9.57. The van der Waals surface area contributed by atoms with E-state index >= 15 is 0 Å². The zero-order valence-corrected chi connectivity index (χ0v) is 12.9. The summed E-state index contributed by atoms with van der Waals surface area (Å²) in [5.74, 6) is 0.250. The van der Waals surface area contributed by atoms with Crippen LogP contribution >= 0.6 is 0 Å². The van der Waals surface area contributed by atoms with Crippen molar-refractivity contribution >= 4 is 0 Å². The first-order valence-electron chi connectivity index (χ1n) is 7.97. The van der Waals surface area contributed by atoms with Gasteiger partial charge in [-0.2, -0.15) is 5.06 Å². The van der Waals surface area contributed by atoms with Gasteiger partial charge in [0.05, 0.1) is 0 Å². The van der Waals surface area contributed by atoms with Crippen molar-refractivity contribution in [3.8, 4) is 0 Å². The van der Waals surface area contributed by atoms with Crippen LogP contribution in [-0.2, 0) is 5.54 Å². The molecule has 0 atom stereocenters. The predicted molar refractivity (Wildman–Crippen MR) is 89.7 cm³/mol. The highest BCUT2D eigenvalue weighted by Crippen LogP contribution is 2.59. The Balaban J connectivity index is 2.02. The van der Waals surface area contributed by atoms with Gasteiger partial charge in [-0.1, -0.05) is 72.8 Å². The third-order valence-corrected chi connectivity index (χ3v) is 5.47. The first-order valence-corrected chi connectivity index (χ1v) is 7.97. The molecule has 0 fully saturated rings. The van der Waals surface area contributed by atoms with Gasteiger partial charge in [0.1, 0.15) is 5.54 Å². The minimum Gasteiger partial charge on any atom is -0.313 e. The van der Waals surface area contributed by atoms with Crippen molar-refractivity contribution in [1.29, 1.82) is 0 Å². The maximum atomic E-state index is 10.8. The average Bonchev–Trinajstić information content (AvgIpc) is 2.61. The van der Waals surface area contributed by atoms with Crippen molar-refractivity contribution in [3.63, 3.8) is 0 Å². The van der Waals surface area contributed by atoms with Crippen molar-refractivity contribution in [2.24, 2.45) is 0 Å². The van der Waals surface area contributed by atoms with Crippen LogP contribution in [0.15, 0.2) is 72.8 Å². The Hall–Kier alpha value is -2.42. The number of benzene rings is 3. The van der Waals surface area contributed by atoms with Gasteiger partial charge in [0.25, 0.3) is 0 Å². The number of hydroxylamine groups is 2. The third-order valence-electron chi connectivity index (χ3n) is 5.47. The summed E-state index contributed by atoms with van der Waals surface area (Å²) in [4.78, 5) is 0. The summed E-state index contributed by atoms with van der Waals surface area (Å²) in [5.41, 5.74) is 6.83. The van der Waals surface area contributed by atoms with E-state index in [0.29, 0.717) is 0 Å². The van der Waals surface area contributed by atoms with Crippen LogP contribution in [0.4, 0.5) is 0 Å². The zero-order chi connectivity index (χ0) is 15.6. The van der Waals surface area contributed by atoms with Crippen LogP contribution in [0.2, 0.25) is 0 Å². The van der Waals surface area contributed by atoms with Gasteiger partial charge >= 0.3 is 0 Å². The highest BCUT2D eigenvalue weighted by atomic mass is 16.5. The van der Waals surface area contributed by atoms with E-state index in [0.717, 1.165) is 0 Å². The monoisotopic (exact) mass is 299 g/mol. The fourth-order valence-corrected chi connectivity index (χ4v) is 4.70. The van der Waals surface area contributed by atoms with Gasteiger partial charge in [-0.25, -0.2) is 0 Å². The molecule has 3 aromatic rings. The van der Waals surface area contributed by atoms with E-state index < -0.39 is 5.54 Å². The number of rotatable bonds is 1. The molecule has 0 saturated heterocycles. The topological polar surface area (TPSA) is 23.5 Å². The molecule has 0 saturated carbocycles. The Morgan fingerprint density at radius 1 is 0.696 bits per heavy atom. The highest BCUT2D eigenvalue weighted by Gasteiger charge is 2.53. The van der Waals surface area contributed by atoms with Gasteiger partial charge in [-0.05, 0) is 33.4 Å². The van der Waals surface area contributed by atoms with E-state index in [1.165, 1.54) is 38.4 Å². The van der Waals surface area contributed by atoms with E-state index in [1.807, 2.05) is 0 Å². The van der Waals surface area contributed by atoms with Crippen LogP contribution in [0.3, 0.4) is 0 Å². The molecule has 0 spiro atoms. The van der Waals surface area contributed by atoms with Crippen molar-refractivity contribution in [1.82, 2.24) is 5.06 Å². The molecule has 2 nitrogen and oxygen atoms in total. The standard InChI is InChI=1S/C21H17NO/c1-22(23)21-17-11-5-2-8-14(17)20(15-9-3-6-12-18(15)21)16-10-4-7-13-19(16)21/h2-13,20,23H,1H3. The first-order chi connectivity index (χ1) is 11.3. The summed E-state index contributed by atoms with van der Waals surface area (Å²) in [7, 11) is 1.76. The second-order valence-corrected chi connectivity index (χ2v) is 6.43. The van der Waals surface area contributed by atoms with Crippen LogP contribution in [-0.4, -0.2) is 17.3 Å². The number of hydrogen-bond donors (Lipinski definition) is 1. The molecule has 0 aromatic heterocycles. The molecule has 3 aliphatic rings. The number of nitrogens with zero attached hydrogens (tertiary/aromatic N) is 1. The molecular weight excluding hydrogens is 282 g/mol. The molecule has 0 heterocycles. The lowest BCUT2D eigenvalue weighted by molar-refractivity contribution is -0.128. The molecule has 2 heteroatoms. The highest BCUT2D eigenvalue weighted by molar-refractivity contribution is 5.70. The summed E-state index contributed by atoms with van der Waals surface area (Å²) in [6, 6.07) is 25.5. The lowest BCUT2D eigenvalue weighted by Crippen LogP contribution is -2.51. The van der Waals surface area contributed by atoms with Gasteiger partial charge < -0.3 is 5.21 Å². The molecule has 6 rings (SSSR count). The summed E-state index contributed by atoms with van der Waals surface area (Å²) in [6.07, 6.45) is 0. The van der Waals surface area contributed by atoms with Gasteiger partial charge in [-0.15, -0.1) is 0 Å². The molecular formula is C21H17NO. The zero-order valence-electron chi connectivity index (χ0n) is 12.9. The molecule has 23 heavy (non-hydrogen) atoms. The Morgan fingerprint density at radius 3 is 1.39 bits per heavy atom. The average molecular weight is 299 g/mol. The van der Waals surface area contributed by atoms with Crippen molar-refractivity contribution in [3.05, 3.63) is 106 Å². The Morgan fingerprint density at radius 2 is 1.04 bits per heavy atom. The SMILES string of the molecule is CN(O)C12c3ccccc3C(c3ccccc31)c1ccccc12. The first kappa shape index (κ1) is 13.1. The predicted octanol–water partition coefficient (Wildman–Crippen LogP) is 4.11. The molecule has 0 unspecified atom stereocenters. The molecule has 0 radical (unpaired) electrons. The van der Waals surface area contributed by atoms with Crippen LogP contribution in [0, 0.1) is 0 Å². The lowest BCUT2D eigenvalue weighted by Gasteiger charge is -2.52. The van der Waals surface area contributed by atoms with Gasteiger partial charge in [0.15, 0.2) is 0 Å². The fraction of sp³-hybridized carbons (Fsp3) is 0.143. The van der Waals surface area contributed by atoms with Gasteiger partial charge in [0, 0.05) is 13.0 Å². The molecule has 112 valence electrons. The minimum atomic E-state index is -0.626. The summed E-state index contributed by atoms with van der Waals surface area (Å²) >= 11 is 0. The fourth-order valence-electron chi connectivity index (χ4n) is 4.70. The largest absolute Gasteiger partial charge is 0.313 e. The van der Waals surface area contributed by atoms with Crippen LogP contribution < -0.4 is 0 Å². The second kappa shape index (κ2) is 4.31. The molecule has 0 amide bonds. The number of hydrogen-bond acceptors (Lipinski definition) is 2. The van der Waals surface area contributed by atoms with Gasteiger partial charge in [0.2, 0.25) is 0 Å². The molecule has 0 aliphatic heterocycles. The Kier molecular flexibility index (Phi) is 2.45. The minimum absolute atomic E-state index is 0.250. The molecule has 3 aliphatic carbocycles. The van der Waals surface area contributed by atoms with E-state index in [9.17, 15) is 5.21 Å². The van der Waals surface area contributed by atoms with Crippen molar-refractivity contribution < 1.29 is 5.21 Å². The van der Waals surface area contributed by atoms with Crippen molar-refractivity contribution in [2.45, 2.75) is 11.5 Å². The summed E-state index contributed by atoms with van der Waals surface area (Å²) in [6.45, 7) is 0. The summed E-state index contributed by atoms with van der Waals surface area (Å²) < 4.78 is 0. The van der Waals surface area contributed by atoms with E-state index in [-0.39, 0.29) is 5.92 Å². The molecule has 2 bridgehead atoms. The third kappa shape index (κ3) is 1.37. The van der Waals surface area contributed by atoms with Crippen LogP contribution in [0.1, 0.15) is 39.3 Å². The normalized spacial score (nSPS) is 23.3. The Labute approximate surface area is 135 Å². The van der Waals surface area contributed by atoms with E-state index in [1.54, 1.807) is 7.05 Å². The van der Waals surface area contributed by atoms with Crippen LogP contribution in [0.25, 0.3) is 0 Å². The van der Waals surface area contributed by atoms with E-state index in [2.05, 4.69) is 72.8 Å². The second-order valence-electron chi connectivity index (χ2n) is 6.43.